The van der Waals surface area contributed by atoms with E-state index in [9.17, 15) is 9.59 Å². The Hall–Kier alpha value is -4.37. The van der Waals surface area contributed by atoms with Gasteiger partial charge in [0.15, 0.2) is 5.13 Å². The number of amides is 1. The molecule has 2 aromatic heterocycles. The van der Waals surface area contributed by atoms with E-state index in [-0.39, 0.29) is 11.9 Å². The molecule has 9 heteroatoms. The average Bonchev–Trinajstić information content (AvgIpc) is 3.49. The number of methoxy groups -OCH3 is 3. The van der Waals surface area contributed by atoms with Gasteiger partial charge >= 0.3 is 5.97 Å². The minimum atomic E-state index is -0.372. The highest BCUT2D eigenvalue weighted by atomic mass is 32.1. The second-order valence-corrected chi connectivity index (χ2v) is 8.99. The predicted octanol–water partition coefficient (Wildman–Crippen LogP) is 5.67. The minimum Gasteiger partial charge on any atom is -0.497 e. The molecule has 0 atom stereocenters. The molecule has 0 saturated heterocycles. The normalized spacial score (nSPS) is 10.9. The Labute approximate surface area is 219 Å². The van der Waals surface area contributed by atoms with Gasteiger partial charge in [-0.25, -0.2) is 9.78 Å². The number of hydrogen-bond acceptors (Lipinski definition) is 7. The Bertz CT molecular complexity index is 1470. The van der Waals surface area contributed by atoms with E-state index < -0.39 is 0 Å². The van der Waals surface area contributed by atoms with Gasteiger partial charge in [-0.2, -0.15) is 0 Å². The first-order valence-electron chi connectivity index (χ1n) is 11.4. The number of carbonyl (C=O) groups is 2. The van der Waals surface area contributed by atoms with Crippen molar-refractivity contribution < 1.29 is 23.8 Å². The Morgan fingerprint density at radius 1 is 1.00 bits per heavy atom. The lowest BCUT2D eigenvalue weighted by Crippen LogP contribution is -2.07. The zero-order valence-corrected chi connectivity index (χ0v) is 22.0. The van der Waals surface area contributed by atoms with E-state index in [2.05, 4.69) is 20.9 Å². The number of carbonyl (C=O) groups excluding carboxylic acids is 2. The van der Waals surface area contributed by atoms with Crippen molar-refractivity contribution >= 4 is 34.4 Å². The average molecular weight is 518 g/mol. The number of ether oxygens (including phenoxy) is 3. The highest BCUT2D eigenvalue weighted by molar-refractivity contribution is 7.14. The summed E-state index contributed by atoms with van der Waals surface area (Å²) in [7, 11) is 4.52. The molecular weight excluding hydrogens is 490 g/mol. The summed E-state index contributed by atoms with van der Waals surface area (Å²) in [5, 5.41) is 5.23. The molecule has 190 valence electrons. The lowest BCUT2D eigenvalue weighted by atomic mass is 10.1. The van der Waals surface area contributed by atoms with Crippen LogP contribution in [0.2, 0.25) is 0 Å². The molecule has 8 nitrogen and oxygen atoms in total. The molecule has 0 aliphatic carbocycles. The standard InChI is InChI=1S/C28H27N3O5S/c1-17-14-23(18(2)31(17)21-9-6-19(7-10-21)27(33)36-5)24-16-37-28(29-24)30-26(32)13-8-20-15-22(34-3)11-12-25(20)35-4/h6-16H,1-5H3,(H,29,30,32). The van der Waals surface area contributed by atoms with Crippen molar-refractivity contribution in [1.29, 1.82) is 0 Å². The van der Waals surface area contributed by atoms with Crippen LogP contribution in [0, 0.1) is 13.8 Å². The summed E-state index contributed by atoms with van der Waals surface area (Å²) in [6.07, 6.45) is 3.10. The molecule has 0 radical (unpaired) electrons. The summed E-state index contributed by atoms with van der Waals surface area (Å²) in [5.41, 5.74) is 5.89. The second-order valence-electron chi connectivity index (χ2n) is 8.13. The van der Waals surface area contributed by atoms with Crippen LogP contribution >= 0.6 is 11.3 Å². The van der Waals surface area contributed by atoms with Gasteiger partial charge in [0.1, 0.15) is 11.5 Å². The maximum atomic E-state index is 12.6. The number of aromatic nitrogens is 2. The number of nitrogens with one attached hydrogen (secondary N) is 1. The maximum absolute atomic E-state index is 12.6. The highest BCUT2D eigenvalue weighted by Gasteiger charge is 2.16. The zero-order chi connectivity index (χ0) is 26.5. The predicted molar refractivity (Wildman–Crippen MR) is 145 cm³/mol. The first kappa shape index (κ1) is 25.7. The van der Waals surface area contributed by atoms with Crippen LogP contribution in [0.5, 0.6) is 11.5 Å². The smallest absolute Gasteiger partial charge is 0.337 e. The van der Waals surface area contributed by atoms with Gasteiger partial charge in [-0.05, 0) is 68.5 Å². The summed E-state index contributed by atoms with van der Waals surface area (Å²) in [6.45, 7) is 4.02. The van der Waals surface area contributed by atoms with Crippen molar-refractivity contribution in [2.24, 2.45) is 0 Å². The molecule has 4 aromatic rings. The van der Waals surface area contributed by atoms with E-state index >= 15 is 0 Å². The largest absolute Gasteiger partial charge is 0.497 e. The molecule has 0 aliphatic heterocycles. The Balaban J connectivity index is 1.51. The third kappa shape index (κ3) is 5.57. The summed E-state index contributed by atoms with van der Waals surface area (Å²) in [4.78, 5) is 28.9. The fraction of sp³-hybridized carbons (Fsp3) is 0.179. The van der Waals surface area contributed by atoms with E-state index in [1.807, 2.05) is 31.4 Å². The molecule has 0 fully saturated rings. The molecule has 1 amide bonds. The van der Waals surface area contributed by atoms with Crippen LogP contribution in [0.15, 0.2) is 60.0 Å². The quantitative estimate of drug-likeness (QED) is 0.239. The first-order chi connectivity index (χ1) is 17.8. The number of rotatable bonds is 8. The van der Waals surface area contributed by atoms with Gasteiger partial charge in [-0.15, -0.1) is 11.3 Å². The van der Waals surface area contributed by atoms with Crippen molar-refractivity contribution in [3.63, 3.8) is 0 Å². The molecule has 2 heterocycles. The Kier molecular flexibility index (Phi) is 7.74. The van der Waals surface area contributed by atoms with Gasteiger partial charge in [0.25, 0.3) is 0 Å². The van der Waals surface area contributed by atoms with Crippen molar-refractivity contribution in [2.75, 3.05) is 26.6 Å². The fourth-order valence-electron chi connectivity index (χ4n) is 4.02. The number of hydrogen-bond donors (Lipinski definition) is 1. The molecule has 4 rings (SSSR count). The second kappa shape index (κ2) is 11.1. The molecule has 0 bridgehead atoms. The van der Waals surface area contributed by atoms with Gasteiger partial charge < -0.3 is 18.8 Å². The van der Waals surface area contributed by atoms with E-state index in [1.165, 1.54) is 24.5 Å². The number of anilines is 1. The van der Waals surface area contributed by atoms with E-state index in [0.29, 0.717) is 22.2 Å². The maximum Gasteiger partial charge on any atom is 0.337 e. The molecule has 1 N–H and O–H groups in total. The molecule has 0 spiro atoms. The van der Waals surface area contributed by atoms with Crippen molar-refractivity contribution in [3.05, 3.63) is 82.5 Å². The number of nitrogens with zero attached hydrogens (tertiary/aromatic N) is 2. The highest BCUT2D eigenvalue weighted by Crippen LogP contribution is 2.32. The Morgan fingerprint density at radius 2 is 1.76 bits per heavy atom. The van der Waals surface area contributed by atoms with Gasteiger partial charge in [0, 0.05) is 39.7 Å². The van der Waals surface area contributed by atoms with Gasteiger partial charge in [0.05, 0.1) is 32.6 Å². The van der Waals surface area contributed by atoms with Crippen molar-refractivity contribution in [3.8, 4) is 28.4 Å². The van der Waals surface area contributed by atoms with Gasteiger partial charge in [-0.3, -0.25) is 10.1 Å². The summed E-state index contributed by atoms with van der Waals surface area (Å²) in [6, 6.07) is 14.7. The van der Waals surface area contributed by atoms with Crippen LogP contribution in [0.1, 0.15) is 27.3 Å². The number of benzene rings is 2. The topological polar surface area (TPSA) is 91.7 Å². The number of esters is 1. The van der Waals surface area contributed by atoms with E-state index in [0.717, 1.165) is 33.9 Å². The van der Waals surface area contributed by atoms with Crippen molar-refractivity contribution in [2.45, 2.75) is 13.8 Å². The summed E-state index contributed by atoms with van der Waals surface area (Å²) < 4.78 is 17.5. The Morgan fingerprint density at radius 3 is 2.43 bits per heavy atom. The SMILES string of the molecule is COC(=O)c1ccc(-n2c(C)cc(-c3csc(NC(=O)C=Cc4cc(OC)ccc4OC)n3)c2C)cc1. The van der Waals surface area contributed by atoms with Crippen LogP contribution < -0.4 is 14.8 Å². The van der Waals surface area contributed by atoms with Crippen LogP contribution in [-0.4, -0.2) is 42.8 Å². The van der Waals surface area contributed by atoms with Gasteiger partial charge in [-0.1, -0.05) is 0 Å². The molecule has 0 saturated carbocycles. The third-order valence-corrected chi connectivity index (χ3v) is 6.60. The van der Waals surface area contributed by atoms with Crippen LogP contribution in [-0.2, 0) is 9.53 Å². The molecule has 0 aliphatic rings. The fourth-order valence-corrected chi connectivity index (χ4v) is 4.73. The summed E-state index contributed by atoms with van der Waals surface area (Å²) >= 11 is 1.35. The number of aryl methyl sites for hydroxylation is 1. The number of thiazole rings is 1. The molecule has 37 heavy (non-hydrogen) atoms. The van der Waals surface area contributed by atoms with Crippen LogP contribution in [0.25, 0.3) is 23.0 Å². The van der Waals surface area contributed by atoms with Crippen molar-refractivity contribution in [1.82, 2.24) is 9.55 Å². The summed E-state index contributed by atoms with van der Waals surface area (Å²) in [5.74, 6) is 0.628. The van der Waals surface area contributed by atoms with Crippen LogP contribution in [0.3, 0.4) is 0 Å². The van der Waals surface area contributed by atoms with Gasteiger partial charge in [0.2, 0.25) is 5.91 Å². The van der Waals surface area contributed by atoms with E-state index in [4.69, 9.17) is 14.2 Å². The first-order valence-corrected chi connectivity index (χ1v) is 12.3. The van der Waals surface area contributed by atoms with Crippen LogP contribution in [0.4, 0.5) is 5.13 Å². The molecular formula is C28H27N3O5S. The monoisotopic (exact) mass is 517 g/mol. The molecule has 0 unspecified atom stereocenters. The lowest BCUT2D eigenvalue weighted by Gasteiger charge is -2.10. The minimum absolute atomic E-state index is 0.304. The molecule has 2 aromatic carbocycles. The zero-order valence-electron chi connectivity index (χ0n) is 21.2. The van der Waals surface area contributed by atoms with E-state index in [1.54, 1.807) is 50.6 Å². The third-order valence-electron chi connectivity index (χ3n) is 5.84. The lowest BCUT2D eigenvalue weighted by molar-refractivity contribution is -0.111.